The van der Waals surface area contributed by atoms with Crippen molar-refractivity contribution in [1.29, 1.82) is 0 Å². The van der Waals surface area contributed by atoms with E-state index in [-0.39, 0.29) is 42.8 Å². The van der Waals surface area contributed by atoms with Crippen molar-refractivity contribution in [2.45, 2.75) is 77.0 Å². The molecule has 0 spiro atoms. The van der Waals surface area contributed by atoms with Gasteiger partial charge >= 0.3 is 6.03 Å². The van der Waals surface area contributed by atoms with Crippen molar-refractivity contribution in [2.75, 3.05) is 67.3 Å². The molecule has 2 fully saturated rings. The highest BCUT2D eigenvalue weighted by Crippen LogP contribution is 2.40. The number of anilines is 4. The predicted molar refractivity (Wildman–Crippen MR) is 208 cm³/mol. The number of benzene rings is 3. The van der Waals surface area contributed by atoms with E-state index in [0.29, 0.717) is 36.8 Å². The van der Waals surface area contributed by atoms with Crippen LogP contribution in [0.1, 0.15) is 75.5 Å². The Bertz CT molecular complexity index is 1720. The number of hydrogen-bond donors (Lipinski definition) is 3. The fraction of sp³-hybridized carbons (Fsp3) is 0.463. The van der Waals surface area contributed by atoms with E-state index >= 15 is 0 Å². The quantitative estimate of drug-likeness (QED) is 0.197. The summed E-state index contributed by atoms with van der Waals surface area (Å²) in [6.45, 7) is 5.96. The number of hydrogen-bond acceptors (Lipinski definition) is 7. The molecule has 0 radical (unpaired) electrons. The Balaban J connectivity index is 1.22. The van der Waals surface area contributed by atoms with Gasteiger partial charge in [-0.15, -0.1) is 0 Å². The zero-order chi connectivity index (χ0) is 37.2. The maximum atomic E-state index is 13.8. The van der Waals surface area contributed by atoms with E-state index in [4.69, 9.17) is 4.74 Å². The molecular formula is C41H53N7O5. The number of fused-ring (bicyclic) bond motifs is 1. The minimum Gasteiger partial charge on any atom is -0.383 e. The molecule has 3 aromatic rings. The molecule has 0 saturated carbocycles. The first-order valence-corrected chi connectivity index (χ1v) is 19.0. The lowest BCUT2D eigenvalue weighted by Crippen LogP contribution is -2.52. The molecule has 2 unspecified atom stereocenters. The van der Waals surface area contributed by atoms with Crippen LogP contribution in [0.25, 0.3) is 0 Å². The molecule has 2 saturated heterocycles. The minimum atomic E-state index is -0.439. The van der Waals surface area contributed by atoms with Gasteiger partial charge in [0.1, 0.15) is 0 Å². The molecule has 3 aromatic carbocycles. The van der Waals surface area contributed by atoms with Crippen LogP contribution in [0.2, 0.25) is 0 Å². The van der Waals surface area contributed by atoms with E-state index in [1.165, 1.54) is 6.92 Å². The average molecular weight is 724 g/mol. The van der Waals surface area contributed by atoms with E-state index in [0.717, 1.165) is 81.5 Å². The fourth-order valence-corrected chi connectivity index (χ4v) is 7.68. The van der Waals surface area contributed by atoms with Crippen molar-refractivity contribution in [1.82, 2.24) is 14.7 Å². The Morgan fingerprint density at radius 3 is 2.06 bits per heavy atom. The van der Waals surface area contributed by atoms with Crippen molar-refractivity contribution in [3.05, 3.63) is 83.9 Å². The number of urea groups is 1. The van der Waals surface area contributed by atoms with Gasteiger partial charge in [0.15, 0.2) is 0 Å². The Kier molecular flexibility index (Phi) is 13.0. The molecule has 3 heterocycles. The number of nitrogens with zero attached hydrogens (tertiary/aromatic N) is 4. The van der Waals surface area contributed by atoms with E-state index in [2.05, 4.69) is 20.9 Å². The molecule has 3 aliphatic rings. The van der Waals surface area contributed by atoms with Gasteiger partial charge in [-0.3, -0.25) is 19.3 Å². The second-order valence-electron chi connectivity index (χ2n) is 14.2. The van der Waals surface area contributed by atoms with Gasteiger partial charge in [-0.25, -0.2) is 4.79 Å². The maximum absolute atomic E-state index is 13.8. The third-order valence-corrected chi connectivity index (χ3v) is 10.5. The Morgan fingerprint density at radius 1 is 0.774 bits per heavy atom. The summed E-state index contributed by atoms with van der Waals surface area (Å²) in [6.07, 6.45) is 6.53. The van der Waals surface area contributed by atoms with Crippen LogP contribution < -0.4 is 20.9 Å². The summed E-state index contributed by atoms with van der Waals surface area (Å²) in [5.41, 5.74) is 4.50. The molecule has 0 aliphatic carbocycles. The Hall–Kier alpha value is -4.94. The van der Waals surface area contributed by atoms with Crippen LogP contribution in [0, 0.1) is 0 Å². The summed E-state index contributed by atoms with van der Waals surface area (Å²) in [7, 11) is 1.66. The molecule has 282 valence electrons. The molecule has 0 bridgehead atoms. The normalized spacial score (nSPS) is 18.8. The number of rotatable bonds is 12. The number of carbonyl (C=O) groups excluding carboxylic acids is 4. The topological polar surface area (TPSA) is 127 Å². The molecule has 6 rings (SSSR count). The standard InChI is InChI=1S/C41H53N7O5/c1-30(49)48(29-31-13-6-3-7-14-31)34-16-12-15-32(25-34)42-41(52)43-33-17-18-36-35(26-33)37(27-39(50)45-19-8-4-9-20-45)47(23-24-53-2)38(44-36)28-40(51)46-21-10-5-11-22-46/h3,6-7,12-18,25-26,37-38,44H,4-5,8-11,19-24,27-29H2,1-2H3,(H2,42,43,52). The molecule has 53 heavy (non-hydrogen) atoms. The number of methoxy groups -OCH3 is 1. The van der Waals surface area contributed by atoms with Gasteiger partial charge in [0, 0.05) is 82.0 Å². The second kappa shape index (κ2) is 18.2. The number of carbonyl (C=O) groups is 4. The average Bonchev–Trinajstić information content (AvgIpc) is 3.17. The second-order valence-corrected chi connectivity index (χ2v) is 14.2. The third-order valence-electron chi connectivity index (χ3n) is 10.5. The summed E-state index contributed by atoms with van der Waals surface area (Å²) < 4.78 is 5.52. The maximum Gasteiger partial charge on any atom is 0.323 e. The molecule has 3 aliphatic heterocycles. The molecule has 12 heteroatoms. The molecule has 2 atom stereocenters. The highest BCUT2D eigenvalue weighted by Gasteiger charge is 2.38. The van der Waals surface area contributed by atoms with Crippen molar-refractivity contribution < 1.29 is 23.9 Å². The first-order chi connectivity index (χ1) is 25.8. The van der Waals surface area contributed by atoms with E-state index in [1.807, 2.05) is 64.4 Å². The van der Waals surface area contributed by atoms with Gasteiger partial charge in [-0.1, -0.05) is 36.4 Å². The van der Waals surface area contributed by atoms with E-state index < -0.39 is 6.03 Å². The zero-order valence-corrected chi connectivity index (χ0v) is 31.0. The van der Waals surface area contributed by atoms with Crippen molar-refractivity contribution in [2.24, 2.45) is 0 Å². The third kappa shape index (κ3) is 9.94. The summed E-state index contributed by atoms with van der Waals surface area (Å²) in [4.78, 5) is 61.2. The monoisotopic (exact) mass is 723 g/mol. The number of amides is 5. The summed E-state index contributed by atoms with van der Waals surface area (Å²) in [5.74, 6) is 0.0951. The Labute approximate surface area is 312 Å². The molecule has 0 aromatic heterocycles. The zero-order valence-electron chi connectivity index (χ0n) is 31.0. The SMILES string of the molecule is COCCN1C(CC(=O)N2CCCCC2)Nc2ccc(NC(=O)Nc3cccc(N(Cc4ccccc4)C(C)=O)c3)cc2C1CC(=O)N1CCCCC1. The summed E-state index contributed by atoms with van der Waals surface area (Å²) in [5, 5.41) is 9.50. The highest BCUT2D eigenvalue weighted by atomic mass is 16.5. The molecule has 3 N–H and O–H groups in total. The van der Waals surface area contributed by atoms with E-state index in [9.17, 15) is 19.2 Å². The van der Waals surface area contributed by atoms with Crippen LogP contribution in [0.15, 0.2) is 72.8 Å². The number of ether oxygens (including phenoxy) is 1. The molecular weight excluding hydrogens is 670 g/mol. The largest absolute Gasteiger partial charge is 0.383 e. The number of piperidine rings is 2. The van der Waals surface area contributed by atoms with Gasteiger partial charge in [0.25, 0.3) is 0 Å². The van der Waals surface area contributed by atoms with Gasteiger partial charge in [-0.2, -0.15) is 0 Å². The minimum absolute atomic E-state index is 0.0916. The summed E-state index contributed by atoms with van der Waals surface area (Å²) >= 11 is 0. The summed E-state index contributed by atoms with van der Waals surface area (Å²) in [6, 6.07) is 21.9. The first-order valence-electron chi connectivity index (χ1n) is 19.0. The van der Waals surface area contributed by atoms with Gasteiger partial charge in [0.05, 0.1) is 25.7 Å². The lowest BCUT2D eigenvalue weighted by molar-refractivity contribution is -0.134. The number of likely N-dealkylation sites (tertiary alicyclic amines) is 2. The van der Waals surface area contributed by atoms with Gasteiger partial charge in [-0.05, 0) is 86.1 Å². The van der Waals surface area contributed by atoms with Crippen LogP contribution in [0.5, 0.6) is 0 Å². The first kappa shape index (κ1) is 37.8. The van der Waals surface area contributed by atoms with Gasteiger partial charge in [0.2, 0.25) is 17.7 Å². The lowest BCUT2D eigenvalue weighted by Gasteiger charge is -2.45. The fourth-order valence-electron chi connectivity index (χ4n) is 7.68. The van der Waals surface area contributed by atoms with E-state index in [1.54, 1.807) is 30.2 Å². The van der Waals surface area contributed by atoms with Crippen LogP contribution >= 0.6 is 0 Å². The van der Waals surface area contributed by atoms with Crippen molar-refractivity contribution in [3.8, 4) is 0 Å². The number of nitrogens with one attached hydrogen (secondary N) is 3. The predicted octanol–water partition coefficient (Wildman–Crippen LogP) is 6.43. The highest BCUT2D eigenvalue weighted by molar-refractivity contribution is 6.01. The molecule has 5 amide bonds. The van der Waals surface area contributed by atoms with Gasteiger partial charge < -0.3 is 35.4 Å². The smallest absolute Gasteiger partial charge is 0.323 e. The van der Waals surface area contributed by atoms with Crippen LogP contribution in [0.3, 0.4) is 0 Å². The van der Waals surface area contributed by atoms with Crippen LogP contribution in [-0.2, 0) is 25.7 Å². The van der Waals surface area contributed by atoms with Crippen molar-refractivity contribution in [3.63, 3.8) is 0 Å². The van der Waals surface area contributed by atoms with Crippen molar-refractivity contribution >= 4 is 46.5 Å². The lowest BCUT2D eigenvalue weighted by atomic mass is 9.93. The Morgan fingerprint density at radius 2 is 1.42 bits per heavy atom. The van der Waals surface area contributed by atoms with Crippen LogP contribution in [0.4, 0.5) is 27.5 Å². The van der Waals surface area contributed by atoms with Crippen LogP contribution in [-0.4, -0.2) is 91.1 Å². The molecule has 12 nitrogen and oxygen atoms in total.